The molecule has 0 fully saturated rings. The Hall–Kier alpha value is -0.940. The van der Waals surface area contributed by atoms with Gasteiger partial charge in [-0.2, -0.15) is 0 Å². The second-order valence-electron chi connectivity index (χ2n) is 3.58. The van der Waals surface area contributed by atoms with Crippen molar-refractivity contribution in [2.24, 2.45) is 0 Å². The first kappa shape index (κ1) is 12.5. The third-order valence-electron chi connectivity index (χ3n) is 2.35. The number of Topliss-reactive ketones (excluding diaryl/α,β-unsaturated/α-hetero) is 1. The molecule has 0 unspecified atom stereocenters. The summed E-state index contributed by atoms with van der Waals surface area (Å²) >= 11 is 8.16. The highest BCUT2D eigenvalue weighted by molar-refractivity contribution is 14.1. The minimum absolute atomic E-state index is 0.0663. The number of aromatic nitrogens is 1. The summed E-state index contributed by atoms with van der Waals surface area (Å²) in [4.78, 5) is 15.9. The predicted octanol–water partition coefficient (Wildman–Crippen LogP) is 3.77. The van der Waals surface area contributed by atoms with Crippen LogP contribution in [0, 0.1) is 3.57 Å². The molecule has 0 saturated carbocycles. The van der Waals surface area contributed by atoms with Gasteiger partial charge in [0.05, 0.1) is 5.02 Å². The van der Waals surface area contributed by atoms with Crippen molar-refractivity contribution < 1.29 is 4.79 Å². The molecule has 2 aromatic rings. The van der Waals surface area contributed by atoms with Crippen LogP contribution in [0.2, 0.25) is 5.02 Å². The van der Waals surface area contributed by atoms with Gasteiger partial charge in [0.25, 0.3) is 0 Å². The van der Waals surface area contributed by atoms with Crippen molar-refractivity contribution in [2.75, 3.05) is 0 Å². The van der Waals surface area contributed by atoms with E-state index in [4.69, 9.17) is 11.6 Å². The zero-order valence-corrected chi connectivity index (χ0v) is 11.8. The van der Waals surface area contributed by atoms with Gasteiger partial charge < -0.3 is 0 Å². The minimum atomic E-state index is 0.0663. The van der Waals surface area contributed by atoms with E-state index in [0.717, 1.165) is 9.13 Å². The summed E-state index contributed by atoms with van der Waals surface area (Å²) < 4.78 is 1.05. The molecule has 2 nitrogen and oxygen atoms in total. The van der Waals surface area contributed by atoms with Gasteiger partial charge in [0.1, 0.15) is 0 Å². The Morgan fingerprint density at radius 1 is 1.35 bits per heavy atom. The summed E-state index contributed by atoms with van der Waals surface area (Å²) in [5.74, 6) is 0.0663. The van der Waals surface area contributed by atoms with Gasteiger partial charge in [-0.25, -0.2) is 0 Å². The maximum Gasteiger partial charge on any atom is 0.167 e. The van der Waals surface area contributed by atoms with Crippen molar-refractivity contribution in [1.82, 2.24) is 4.98 Å². The first-order valence-electron chi connectivity index (χ1n) is 5.04. The molecule has 0 aliphatic carbocycles. The van der Waals surface area contributed by atoms with Crippen LogP contribution in [0.15, 0.2) is 42.7 Å². The van der Waals surface area contributed by atoms with Gasteiger partial charge in [0.2, 0.25) is 0 Å². The summed E-state index contributed by atoms with van der Waals surface area (Å²) in [6, 6.07) is 9.30. The van der Waals surface area contributed by atoms with Crippen LogP contribution in [0.3, 0.4) is 0 Å². The Morgan fingerprint density at radius 3 is 2.88 bits per heavy atom. The van der Waals surface area contributed by atoms with Crippen molar-refractivity contribution in [3.8, 4) is 0 Å². The molecule has 0 radical (unpaired) electrons. The van der Waals surface area contributed by atoms with Crippen LogP contribution in [0.4, 0.5) is 0 Å². The molecule has 0 aliphatic heterocycles. The van der Waals surface area contributed by atoms with Gasteiger partial charge in [0, 0.05) is 27.9 Å². The van der Waals surface area contributed by atoms with E-state index in [1.807, 2.05) is 24.3 Å². The van der Waals surface area contributed by atoms with Gasteiger partial charge in [-0.05, 0) is 46.4 Å². The van der Waals surface area contributed by atoms with Crippen molar-refractivity contribution in [3.63, 3.8) is 0 Å². The molecule has 1 heterocycles. The number of hydrogen-bond acceptors (Lipinski definition) is 2. The fraction of sp³-hybridized carbons (Fsp3) is 0.0769. The Balaban J connectivity index is 2.20. The molecule has 0 atom stereocenters. The number of hydrogen-bond donors (Lipinski definition) is 0. The number of ketones is 1. The molecule has 0 spiro atoms. The summed E-state index contributed by atoms with van der Waals surface area (Å²) in [7, 11) is 0. The van der Waals surface area contributed by atoms with Crippen LogP contribution < -0.4 is 0 Å². The largest absolute Gasteiger partial charge is 0.294 e. The zero-order chi connectivity index (χ0) is 12.3. The SMILES string of the molecule is O=C(Cc1ccncc1Cl)c1cccc(I)c1. The Labute approximate surface area is 118 Å². The smallest absolute Gasteiger partial charge is 0.167 e. The lowest BCUT2D eigenvalue weighted by atomic mass is 10.0. The van der Waals surface area contributed by atoms with E-state index < -0.39 is 0 Å². The molecular weight excluding hydrogens is 349 g/mol. The number of pyridine rings is 1. The zero-order valence-electron chi connectivity index (χ0n) is 8.86. The van der Waals surface area contributed by atoms with E-state index in [2.05, 4.69) is 27.6 Å². The van der Waals surface area contributed by atoms with Crippen molar-refractivity contribution >= 4 is 40.0 Å². The maximum atomic E-state index is 12.0. The first-order valence-corrected chi connectivity index (χ1v) is 6.49. The van der Waals surface area contributed by atoms with E-state index in [0.29, 0.717) is 17.0 Å². The summed E-state index contributed by atoms with van der Waals surface area (Å²) in [5, 5.41) is 0.534. The Morgan fingerprint density at radius 2 is 2.18 bits per heavy atom. The number of rotatable bonds is 3. The second kappa shape index (κ2) is 5.60. The van der Waals surface area contributed by atoms with Gasteiger partial charge in [-0.3, -0.25) is 9.78 Å². The van der Waals surface area contributed by atoms with E-state index in [-0.39, 0.29) is 5.78 Å². The number of halogens is 2. The topological polar surface area (TPSA) is 30.0 Å². The molecule has 0 aliphatic rings. The fourth-order valence-corrected chi connectivity index (χ4v) is 2.21. The lowest BCUT2D eigenvalue weighted by Gasteiger charge is -2.03. The second-order valence-corrected chi connectivity index (χ2v) is 5.23. The number of carbonyl (C=O) groups is 1. The monoisotopic (exact) mass is 357 g/mol. The van der Waals surface area contributed by atoms with E-state index in [1.54, 1.807) is 18.5 Å². The van der Waals surface area contributed by atoms with Crippen LogP contribution in [0.1, 0.15) is 15.9 Å². The standard InChI is InChI=1S/C13H9ClINO/c14-12-8-16-5-4-9(12)7-13(17)10-2-1-3-11(15)6-10/h1-6,8H,7H2. The van der Waals surface area contributed by atoms with Crippen LogP contribution in [0.25, 0.3) is 0 Å². The Bertz CT molecular complexity index is 557. The summed E-state index contributed by atoms with van der Waals surface area (Å²) in [6.07, 6.45) is 3.50. The highest BCUT2D eigenvalue weighted by Gasteiger charge is 2.09. The fourth-order valence-electron chi connectivity index (χ4n) is 1.48. The van der Waals surface area contributed by atoms with Crippen LogP contribution in [-0.4, -0.2) is 10.8 Å². The lowest BCUT2D eigenvalue weighted by Crippen LogP contribution is -2.04. The van der Waals surface area contributed by atoms with Gasteiger partial charge >= 0.3 is 0 Å². The molecule has 0 N–H and O–H groups in total. The molecule has 4 heteroatoms. The van der Waals surface area contributed by atoms with E-state index >= 15 is 0 Å². The number of benzene rings is 1. The van der Waals surface area contributed by atoms with Crippen LogP contribution in [-0.2, 0) is 6.42 Å². The first-order chi connectivity index (χ1) is 8.16. The summed E-state index contributed by atoms with van der Waals surface area (Å²) in [6.45, 7) is 0. The van der Waals surface area contributed by atoms with E-state index in [9.17, 15) is 4.79 Å². The quantitative estimate of drug-likeness (QED) is 0.618. The average molecular weight is 358 g/mol. The normalized spacial score (nSPS) is 10.2. The van der Waals surface area contributed by atoms with Crippen LogP contribution >= 0.6 is 34.2 Å². The molecule has 2 rings (SSSR count). The minimum Gasteiger partial charge on any atom is -0.294 e. The van der Waals surface area contributed by atoms with Crippen molar-refractivity contribution in [1.29, 1.82) is 0 Å². The Kier molecular flexibility index (Phi) is 4.12. The highest BCUT2D eigenvalue weighted by atomic mass is 127. The maximum absolute atomic E-state index is 12.0. The molecular formula is C13H9ClINO. The molecule has 86 valence electrons. The molecule has 1 aromatic carbocycles. The predicted molar refractivity (Wildman–Crippen MR) is 76.4 cm³/mol. The molecule has 17 heavy (non-hydrogen) atoms. The third kappa shape index (κ3) is 3.26. The number of carbonyl (C=O) groups excluding carboxylic acids is 1. The number of nitrogens with zero attached hydrogens (tertiary/aromatic N) is 1. The van der Waals surface area contributed by atoms with Crippen molar-refractivity contribution in [2.45, 2.75) is 6.42 Å². The van der Waals surface area contributed by atoms with Crippen molar-refractivity contribution in [3.05, 3.63) is 62.4 Å². The highest BCUT2D eigenvalue weighted by Crippen LogP contribution is 2.17. The summed E-state index contributed by atoms with van der Waals surface area (Å²) in [5.41, 5.74) is 1.52. The molecule has 0 bridgehead atoms. The van der Waals surface area contributed by atoms with Gasteiger partial charge in [-0.15, -0.1) is 0 Å². The molecule has 1 aromatic heterocycles. The van der Waals surface area contributed by atoms with Gasteiger partial charge in [0.15, 0.2) is 5.78 Å². The average Bonchev–Trinajstić information content (AvgIpc) is 2.32. The molecule has 0 saturated heterocycles. The van der Waals surface area contributed by atoms with Gasteiger partial charge in [-0.1, -0.05) is 23.7 Å². The van der Waals surface area contributed by atoms with E-state index in [1.165, 1.54) is 0 Å². The molecule has 0 amide bonds. The third-order valence-corrected chi connectivity index (χ3v) is 3.37. The van der Waals surface area contributed by atoms with Crippen LogP contribution in [0.5, 0.6) is 0 Å². The lowest BCUT2D eigenvalue weighted by molar-refractivity contribution is 0.0993.